The van der Waals surface area contributed by atoms with Crippen LogP contribution in [0, 0.1) is 0 Å². The van der Waals surface area contributed by atoms with Crippen molar-refractivity contribution in [2.75, 3.05) is 6.61 Å². The van der Waals surface area contributed by atoms with Gasteiger partial charge in [0.05, 0.1) is 0 Å². The number of carbonyl (C=O) groups is 2. The van der Waals surface area contributed by atoms with Gasteiger partial charge in [-0.1, -0.05) is 60.7 Å². The van der Waals surface area contributed by atoms with Gasteiger partial charge in [-0.05, 0) is 24.0 Å². The Kier molecular flexibility index (Phi) is 9.11. The highest BCUT2D eigenvalue weighted by Crippen LogP contribution is 2.23. The predicted octanol–water partition coefficient (Wildman–Crippen LogP) is -0.980. The highest BCUT2D eigenvalue weighted by Gasteiger charge is 2.47. The van der Waals surface area contributed by atoms with Crippen LogP contribution < -0.4 is 11.5 Å². The summed E-state index contributed by atoms with van der Waals surface area (Å²) in [6.07, 6.45) is -7.49. The summed E-state index contributed by atoms with van der Waals surface area (Å²) in [7, 11) is 0. The first-order valence-corrected chi connectivity index (χ1v) is 10.9. The smallest absolute Gasteiger partial charge is 0.323 e. The molecule has 34 heavy (non-hydrogen) atoms. The van der Waals surface area contributed by atoms with E-state index in [0.29, 0.717) is 0 Å². The fourth-order valence-electron chi connectivity index (χ4n) is 3.59. The van der Waals surface area contributed by atoms with E-state index in [9.17, 15) is 24.9 Å². The average molecular weight is 475 g/mol. The number of ether oxygens (including phenoxy) is 3. The lowest BCUT2D eigenvalue weighted by atomic mass is 9.98. The van der Waals surface area contributed by atoms with Crippen molar-refractivity contribution in [2.45, 2.75) is 55.6 Å². The molecule has 7 N–H and O–H groups in total. The van der Waals surface area contributed by atoms with Crippen molar-refractivity contribution in [1.29, 1.82) is 0 Å². The first-order valence-electron chi connectivity index (χ1n) is 10.9. The monoisotopic (exact) mass is 474 g/mol. The zero-order valence-electron chi connectivity index (χ0n) is 18.5. The number of benzene rings is 2. The summed E-state index contributed by atoms with van der Waals surface area (Å²) >= 11 is 0. The van der Waals surface area contributed by atoms with Crippen LogP contribution in [0.5, 0.6) is 0 Å². The van der Waals surface area contributed by atoms with Crippen LogP contribution in [0.15, 0.2) is 60.7 Å². The Morgan fingerprint density at radius 2 is 1.32 bits per heavy atom. The lowest BCUT2D eigenvalue weighted by molar-refractivity contribution is -0.291. The van der Waals surface area contributed by atoms with Crippen molar-refractivity contribution in [3.63, 3.8) is 0 Å². The van der Waals surface area contributed by atoms with E-state index >= 15 is 0 Å². The van der Waals surface area contributed by atoms with Gasteiger partial charge in [-0.15, -0.1) is 0 Å². The molecule has 7 atom stereocenters. The molecule has 1 aliphatic heterocycles. The van der Waals surface area contributed by atoms with Gasteiger partial charge in [-0.2, -0.15) is 0 Å². The molecule has 0 aromatic heterocycles. The van der Waals surface area contributed by atoms with Crippen LogP contribution in [-0.2, 0) is 36.6 Å². The quantitative estimate of drug-likeness (QED) is 0.284. The molecule has 0 bridgehead atoms. The maximum absolute atomic E-state index is 12.5. The molecule has 0 radical (unpaired) electrons. The van der Waals surface area contributed by atoms with E-state index in [1.807, 2.05) is 36.4 Å². The Morgan fingerprint density at radius 3 is 1.85 bits per heavy atom. The zero-order chi connectivity index (χ0) is 24.7. The Morgan fingerprint density at radius 1 is 0.824 bits per heavy atom. The van der Waals surface area contributed by atoms with E-state index < -0.39 is 61.3 Å². The minimum Gasteiger partial charge on any atom is -0.462 e. The summed E-state index contributed by atoms with van der Waals surface area (Å²) in [4.78, 5) is 24.7. The van der Waals surface area contributed by atoms with Gasteiger partial charge in [0, 0.05) is 0 Å². The number of carbonyl (C=O) groups excluding carboxylic acids is 2. The van der Waals surface area contributed by atoms with Crippen LogP contribution in [0.25, 0.3) is 0 Å². The van der Waals surface area contributed by atoms with E-state index in [1.165, 1.54) is 0 Å². The Balaban J connectivity index is 1.55. The fourth-order valence-corrected chi connectivity index (χ4v) is 3.59. The largest absolute Gasteiger partial charge is 0.462 e. The molecular formula is C24H30N2O8. The van der Waals surface area contributed by atoms with Crippen LogP contribution in [0.3, 0.4) is 0 Å². The second kappa shape index (κ2) is 12.0. The van der Waals surface area contributed by atoms with Crippen LogP contribution in [-0.4, -0.2) is 76.7 Å². The number of nitrogens with two attached hydrogens (primary N) is 2. The highest BCUT2D eigenvalue weighted by atomic mass is 16.7. The molecule has 10 nitrogen and oxygen atoms in total. The number of esters is 2. The number of aliphatic hydroxyl groups is 3. The average Bonchev–Trinajstić information content (AvgIpc) is 2.84. The third-order valence-corrected chi connectivity index (χ3v) is 5.50. The zero-order valence-corrected chi connectivity index (χ0v) is 18.5. The summed E-state index contributed by atoms with van der Waals surface area (Å²) < 4.78 is 15.5. The molecule has 1 heterocycles. The van der Waals surface area contributed by atoms with Gasteiger partial charge in [-0.25, -0.2) is 0 Å². The molecule has 1 unspecified atom stereocenters. The number of hydrogen-bond acceptors (Lipinski definition) is 10. The molecule has 1 saturated heterocycles. The minimum absolute atomic E-state index is 0.179. The summed E-state index contributed by atoms with van der Waals surface area (Å²) in [6, 6.07) is 16.1. The molecule has 2 aromatic carbocycles. The lowest BCUT2D eigenvalue weighted by Crippen LogP contribution is -2.61. The molecule has 3 rings (SSSR count). The van der Waals surface area contributed by atoms with Crippen LogP contribution in [0.1, 0.15) is 11.1 Å². The van der Waals surface area contributed by atoms with Gasteiger partial charge < -0.3 is 41.0 Å². The van der Waals surface area contributed by atoms with Gasteiger partial charge in [0.25, 0.3) is 0 Å². The number of rotatable bonds is 9. The second-order valence-electron chi connectivity index (χ2n) is 8.17. The van der Waals surface area contributed by atoms with Crippen LogP contribution in [0.4, 0.5) is 0 Å². The first-order chi connectivity index (χ1) is 16.3. The topological polar surface area (TPSA) is 175 Å². The van der Waals surface area contributed by atoms with Crippen molar-refractivity contribution in [2.24, 2.45) is 11.5 Å². The molecule has 0 spiro atoms. The summed E-state index contributed by atoms with van der Waals surface area (Å²) in [5, 5.41) is 30.8. The standard InChI is InChI=1S/C24H30N2O8/c25-16(11-14-7-3-1-4-8-14)22(29)32-13-18-19(27)21(20(28)24(31)33-18)34-23(30)17(26)12-15-9-5-2-6-10-15/h1-10,16-21,24,27-28,31H,11-13,25-26H2/t16-,17-,18+,19-,20+,21-,24?/m0/s1. The predicted molar refractivity (Wildman–Crippen MR) is 120 cm³/mol. The van der Waals surface area contributed by atoms with Gasteiger partial charge in [0.15, 0.2) is 12.4 Å². The number of aliphatic hydroxyl groups excluding tert-OH is 3. The lowest BCUT2D eigenvalue weighted by Gasteiger charge is -2.40. The molecule has 2 aromatic rings. The Labute approximate surface area is 197 Å². The molecule has 10 heteroatoms. The van der Waals surface area contributed by atoms with Crippen molar-refractivity contribution in [3.8, 4) is 0 Å². The van der Waals surface area contributed by atoms with Gasteiger partial charge in [0.1, 0.15) is 37.0 Å². The maximum atomic E-state index is 12.5. The van der Waals surface area contributed by atoms with Gasteiger partial charge in [-0.3, -0.25) is 9.59 Å². The maximum Gasteiger partial charge on any atom is 0.323 e. The SMILES string of the molecule is N[C@@H](Cc1ccccc1)C(=O)OC[C@H]1OC(O)[C@H](O)[C@@H](OC(=O)[C@@H](N)Cc2ccccc2)[C@H]1O. The second-order valence-corrected chi connectivity index (χ2v) is 8.17. The van der Waals surface area contributed by atoms with E-state index in [2.05, 4.69) is 0 Å². The summed E-state index contributed by atoms with van der Waals surface area (Å²) in [6.45, 7) is -0.476. The molecule has 1 aliphatic rings. The minimum atomic E-state index is -1.78. The molecule has 1 fully saturated rings. The third-order valence-electron chi connectivity index (χ3n) is 5.50. The summed E-state index contributed by atoms with van der Waals surface area (Å²) in [5.41, 5.74) is 13.4. The van der Waals surface area contributed by atoms with E-state index in [1.54, 1.807) is 24.3 Å². The van der Waals surface area contributed by atoms with Crippen LogP contribution >= 0.6 is 0 Å². The highest BCUT2D eigenvalue weighted by molar-refractivity contribution is 5.76. The molecule has 184 valence electrons. The van der Waals surface area contributed by atoms with Crippen molar-refractivity contribution in [3.05, 3.63) is 71.8 Å². The number of hydrogen-bond donors (Lipinski definition) is 5. The van der Waals surface area contributed by atoms with E-state index in [4.69, 9.17) is 25.7 Å². The normalized spacial score (nSPS) is 26.3. The van der Waals surface area contributed by atoms with E-state index in [-0.39, 0.29) is 12.8 Å². The molecular weight excluding hydrogens is 444 g/mol. The van der Waals surface area contributed by atoms with Gasteiger partial charge >= 0.3 is 11.9 Å². The van der Waals surface area contributed by atoms with E-state index in [0.717, 1.165) is 11.1 Å². The van der Waals surface area contributed by atoms with Crippen molar-refractivity contribution in [1.82, 2.24) is 0 Å². The molecule has 0 saturated carbocycles. The molecule has 0 amide bonds. The molecule has 0 aliphatic carbocycles. The first kappa shape index (κ1) is 25.8. The third kappa shape index (κ3) is 6.83. The fraction of sp³-hybridized carbons (Fsp3) is 0.417. The van der Waals surface area contributed by atoms with Crippen molar-refractivity contribution >= 4 is 11.9 Å². The van der Waals surface area contributed by atoms with Gasteiger partial charge in [0.2, 0.25) is 0 Å². The summed E-state index contributed by atoms with van der Waals surface area (Å²) in [5.74, 6) is -1.61. The van der Waals surface area contributed by atoms with Crippen molar-refractivity contribution < 1.29 is 39.1 Å². The Hall–Kier alpha value is -2.86. The van der Waals surface area contributed by atoms with Crippen LogP contribution in [0.2, 0.25) is 0 Å². The Bertz CT molecular complexity index is 929.